The summed E-state index contributed by atoms with van der Waals surface area (Å²) in [5.74, 6) is 1.38. The molecule has 0 amide bonds. The molecule has 0 saturated carbocycles. The van der Waals surface area contributed by atoms with Crippen molar-refractivity contribution in [2.45, 2.75) is 39.5 Å². The van der Waals surface area contributed by atoms with Gasteiger partial charge in [-0.3, -0.25) is 4.57 Å². The summed E-state index contributed by atoms with van der Waals surface area (Å²) in [5, 5.41) is 18.7. The standard InChI is InChI=1S/C56H41N3O/c1-33(2)45-28-40(36-15-9-6-10-16-36)29-46(34(3)4)54(45)59-55-44-18-12-11-17-37(44)20-23-51(55)58-56(59)39-21-24-52-49(27-39)50-31-47-41(30-53(50)60-52)25-42(32-57)43-22-19-38(26-48(43)47)35-13-7-5-8-14-35/h5-31,33-34H,1-4H3. The Kier molecular flexibility index (Phi) is 8.22. The van der Waals surface area contributed by atoms with E-state index in [-0.39, 0.29) is 11.8 Å². The van der Waals surface area contributed by atoms with Gasteiger partial charge in [-0.05, 0) is 127 Å². The highest BCUT2D eigenvalue weighted by molar-refractivity contribution is 6.18. The number of nitriles is 1. The minimum Gasteiger partial charge on any atom is -0.456 e. The lowest BCUT2D eigenvalue weighted by Crippen LogP contribution is -2.09. The SMILES string of the molecule is CC(C)c1cc(-c2ccccc2)cc(C(C)C)c1-n1c(-c2ccc3oc4cc5cc(C#N)c6ccc(-c7ccccc7)cc6c5cc4c3c2)nc2ccc3ccccc3c21. The van der Waals surface area contributed by atoms with Gasteiger partial charge in [0.25, 0.3) is 0 Å². The molecule has 4 heteroatoms. The van der Waals surface area contributed by atoms with Gasteiger partial charge in [-0.15, -0.1) is 0 Å². The second-order valence-corrected chi connectivity index (χ2v) is 16.6. The number of aromatic nitrogens is 2. The van der Waals surface area contributed by atoms with Crippen molar-refractivity contribution in [2.75, 3.05) is 0 Å². The van der Waals surface area contributed by atoms with Gasteiger partial charge in [-0.1, -0.05) is 131 Å². The molecule has 0 spiro atoms. The Hall–Kier alpha value is -7.48. The molecule has 0 saturated heterocycles. The minimum atomic E-state index is 0.244. The van der Waals surface area contributed by atoms with E-state index in [1.54, 1.807) is 0 Å². The lowest BCUT2D eigenvalue weighted by molar-refractivity contribution is 0.669. The molecule has 0 fully saturated rings. The number of hydrogen-bond acceptors (Lipinski definition) is 3. The topological polar surface area (TPSA) is 54.8 Å². The molecular weight excluding hydrogens is 731 g/mol. The van der Waals surface area contributed by atoms with Gasteiger partial charge in [0.15, 0.2) is 0 Å². The van der Waals surface area contributed by atoms with Gasteiger partial charge in [0, 0.05) is 27.1 Å². The van der Waals surface area contributed by atoms with Gasteiger partial charge in [-0.25, -0.2) is 4.98 Å². The van der Waals surface area contributed by atoms with Gasteiger partial charge in [-0.2, -0.15) is 5.26 Å². The second kappa shape index (κ2) is 13.8. The van der Waals surface area contributed by atoms with Crippen molar-refractivity contribution in [1.29, 1.82) is 5.26 Å². The number of nitrogens with zero attached hydrogens (tertiary/aromatic N) is 3. The summed E-state index contributed by atoms with van der Waals surface area (Å²) in [6, 6.07) is 60.7. The molecular formula is C56H41N3O. The van der Waals surface area contributed by atoms with Gasteiger partial charge >= 0.3 is 0 Å². The molecule has 0 aliphatic carbocycles. The quantitative estimate of drug-likeness (QED) is 0.158. The van der Waals surface area contributed by atoms with Crippen molar-refractivity contribution in [3.63, 3.8) is 0 Å². The largest absolute Gasteiger partial charge is 0.456 e. The highest BCUT2D eigenvalue weighted by Crippen LogP contribution is 2.44. The van der Waals surface area contributed by atoms with Gasteiger partial charge < -0.3 is 4.42 Å². The van der Waals surface area contributed by atoms with Crippen LogP contribution in [-0.4, -0.2) is 9.55 Å². The maximum Gasteiger partial charge on any atom is 0.145 e. The Morgan fingerprint density at radius 1 is 0.483 bits per heavy atom. The Balaban J connectivity index is 1.20. The van der Waals surface area contributed by atoms with Crippen LogP contribution in [0.5, 0.6) is 0 Å². The van der Waals surface area contributed by atoms with E-state index >= 15 is 0 Å². The first-order valence-electron chi connectivity index (χ1n) is 20.8. The third kappa shape index (κ3) is 5.62. The van der Waals surface area contributed by atoms with Crippen LogP contribution in [0.1, 0.15) is 56.2 Å². The van der Waals surface area contributed by atoms with Gasteiger partial charge in [0.1, 0.15) is 17.0 Å². The summed E-state index contributed by atoms with van der Waals surface area (Å²) in [7, 11) is 0. The average Bonchev–Trinajstić information content (AvgIpc) is 3.86. The molecule has 2 aromatic heterocycles. The van der Waals surface area contributed by atoms with Crippen molar-refractivity contribution in [1.82, 2.24) is 9.55 Å². The lowest BCUT2D eigenvalue weighted by atomic mass is 9.88. The molecule has 11 aromatic rings. The maximum absolute atomic E-state index is 10.2. The summed E-state index contributed by atoms with van der Waals surface area (Å²) in [4.78, 5) is 5.51. The molecule has 2 heterocycles. The van der Waals surface area contributed by atoms with Gasteiger partial charge in [0.2, 0.25) is 0 Å². The lowest BCUT2D eigenvalue weighted by Gasteiger charge is -2.24. The van der Waals surface area contributed by atoms with Crippen LogP contribution in [0.15, 0.2) is 168 Å². The number of furan rings is 1. The molecule has 4 nitrogen and oxygen atoms in total. The predicted octanol–water partition coefficient (Wildman–Crippen LogP) is 15.5. The number of fused-ring (bicyclic) bond motifs is 9. The van der Waals surface area contributed by atoms with Crippen LogP contribution >= 0.6 is 0 Å². The molecule has 0 bridgehead atoms. The highest BCUT2D eigenvalue weighted by Gasteiger charge is 2.25. The van der Waals surface area contributed by atoms with E-state index in [1.807, 2.05) is 12.1 Å². The number of imidazole rings is 1. The molecule has 11 rings (SSSR count). The van der Waals surface area contributed by atoms with Crippen LogP contribution in [0.4, 0.5) is 0 Å². The van der Waals surface area contributed by atoms with Crippen molar-refractivity contribution < 1.29 is 4.42 Å². The Morgan fingerprint density at radius 2 is 1.13 bits per heavy atom. The van der Waals surface area contributed by atoms with E-state index in [4.69, 9.17) is 9.40 Å². The Labute approximate surface area is 348 Å². The number of benzene rings is 9. The summed E-state index contributed by atoms with van der Waals surface area (Å²) < 4.78 is 9.06. The molecule has 0 N–H and O–H groups in total. The van der Waals surface area contributed by atoms with Crippen molar-refractivity contribution in [3.8, 4) is 45.4 Å². The second-order valence-electron chi connectivity index (χ2n) is 16.6. The van der Waals surface area contributed by atoms with Crippen LogP contribution in [0.3, 0.4) is 0 Å². The normalized spacial score (nSPS) is 11.9. The molecule has 0 aliphatic heterocycles. The molecule has 9 aromatic carbocycles. The van der Waals surface area contributed by atoms with E-state index in [1.165, 1.54) is 38.7 Å². The molecule has 0 unspecified atom stereocenters. The molecule has 0 atom stereocenters. The average molecular weight is 772 g/mol. The van der Waals surface area contributed by atoms with E-state index in [0.29, 0.717) is 5.56 Å². The molecule has 0 aliphatic rings. The maximum atomic E-state index is 10.2. The Bertz CT molecular complexity index is 3520. The summed E-state index contributed by atoms with van der Waals surface area (Å²) in [6.45, 7) is 9.20. The zero-order chi connectivity index (χ0) is 40.6. The van der Waals surface area contributed by atoms with Crippen LogP contribution in [-0.2, 0) is 0 Å². The van der Waals surface area contributed by atoms with Crippen LogP contribution in [0.2, 0.25) is 0 Å². The zero-order valence-corrected chi connectivity index (χ0v) is 34.0. The smallest absolute Gasteiger partial charge is 0.145 e. The first-order chi connectivity index (χ1) is 29.3. The highest BCUT2D eigenvalue weighted by atomic mass is 16.3. The van der Waals surface area contributed by atoms with Crippen LogP contribution in [0.25, 0.3) is 105 Å². The predicted molar refractivity (Wildman–Crippen MR) is 250 cm³/mol. The number of rotatable bonds is 6. The minimum absolute atomic E-state index is 0.244. The summed E-state index contributed by atoms with van der Waals surface area (Å²) in [5.41, 5.74) is 13.8. The van der Waals surface area contributed by atoms with E-state index in [0.717, 1.165) is 77.0 Å². The fraction of sp³-hybridized carbons (Fsp3) is 0.107. The molecule has 0 radical (unpaired) electrons. The summed E-state index contributed by atoms with van der Waals surface area (Å²) >= 11 is 0. The van der Waals surface area contributed by atoms with E-state index in [2.05, 4.69) is 190 Å². The fourth-order valence-corrected chi connectivity index (χ4v) is 9.33. The van der Waals surface area contributed by atoms with Crippen molar-refractivity contribution >= 4 is 65.3 Å². The molecule has 286 valence electrons. The zero-order valence-electron chi connectivity index (χ0n) is 34.0. The van der Waals surface area contributed by atoms with Gasteiger partial charge in [0.05, 0.1) is 28.4 Å². The Morgan fingerprint density at radius 3 is 1.85 bits per heavy atom. The van der Waals surface area contributed by atoms with E-state index < -0.39 is 0 Å². The first kappa shape index (κ1) is 35.7. The third-order valence-electron chi connectivity index (χ3n) is 12.3. The van der Waals surface area contributed by atoms with Crippen LogP contribution < -0.4 is 0 Å². The summed E-state index contributed by atoms with van der Waals surface area (Å²) in [6.07, 6.45) is 0. The van der Waals surface area contributed by atoms with Crippen LogP contribution in [0, 0.1) is 11.3 Å². The van der Waals surface area contributed by atoms with Crippen molar-refractivity contribution in [2.24, 2.45) is 0 Å². The monoisotopic (exact) mass is 771 g/mol. The fourth-order valence-electron chi connectivity index (χ4n) is 9.33. The number of hydrogen-bond donors (Lipinski definition) is 0. The first-order valence-corrected chi connectivity index (χ1v) is 20.8. The molecule has 60 heavy (non-hydrogen) atoms. The van der Waals surface area contributed by atoms with E-state index in [9.17, 15) is 5.26 Å². The third-order valence-corrected chi connectivity index (χ3v) is 12.3. The van der Waals surface area contributed by atoms with Crippen molar-refractivity contribution in [3.05, 3.63) is 180 Å².